The minimum absolute atomic E-state index is 0.00553. The lowest BCUT2D eigenvalue weighted by Crippen LogP contribution is -2.15. The molecule has 7 heteroatoms. The molecule has 1 aromatic heterocycles. The molecule has 0 unspecified atom stereocenters. The molecule has 0 spiro atoms. The summed E-state index contributed by atoms with van der Waals surface area (Å²) in [4.78, 5) is 12.0. The van der Waals surface area contributed by atoms with Crippen molar-refractivity contribution in [1.82, 2.24) is 10.2 Å². The zero-order valence-corrected chi connectivity index (χ0v) is 11.1. The number of sulfone groups is 1. The summed E-state index contributed by atoms with van der Waals surface area (Å²) in [6.07, 6.45) is 4.13. The fraction of sp³-hybridized carbons (Fsp3) is 0.167. The predicted molar refractivity (Wildman–Crippen MR) is 70.5 cm³/mol. The van der Waals surface area contributed by atoms with Crippen molar-refractivity contribution in [3.8, 4) is 0 Å². The van der Waals surface area contributed by atoms with Crippen molar-refractivity contribution in [2.45, 2.75) is 11.3 Å². The van der Waals surface area contributed by atoms with Crippen LogP contribution in [0.4, 0.5) is 5.69 Å². The first-order chi connectivity index (χ1) is 8.97. The maximum absolute atomic E-state index is 11.8. The van der Waals surface area contributed by atoms with Crippen LogP contribution >= 0.6 is 0 Å². The molecule has 0 bridgehead atoms. The smallest absolute Gasteiger partial charge is 0.228 e. The first kappa shape index (κ1) is 13.3. The van der Waals surface area contributed by atoms with Crippen molar-refractivity contribution in [1.29, 1.82) is 0 Å². The first-order valence-electron chi connectivity index (χ1n) is 5.53. The Hall–Kier alpha value is -2.15. The Morgan fingerprint density at radius 2 is 2.11 bits per heavy atom. The number of hydrogen-bond donors (Lipinski definition) is 2. The number of carbonyl (C=O) groups is 1. The van der Waals surface area contributed by atoms with Crippen molar-refractivity contribution in [3.63, 3.8) is 0 Å². The second kappa shape index (κ2) is 5.23. The number of amides is 1. The van der Waals surface area contributed by atoms with Crippen LogP contribution in [0, 0.1) is 0 Å². The monoisotopic (exact) mass is 279 g/mol. The van der Waals surface area contributed by atoms with Gasteiger partial charge in [0.15, 0.2) is 9.84 Å². The quantitative estimate of drug-likeness (QED) is 0.873. The Kier molecular flexibility index (Phi) is 3.66. The van der Waals surface area contributed by atoms with Crippen molar-refractivity contribution in [2.75, 3.05) is 11.6 Å². The zero-order valence-electron chi connectivity index (χ0n) is 10.3. The van der Waals surface area contributed by atoms with Gasteiger partial charge in [-0.1, -0.05) is 18.2 Å². The van der Waals surface area contributed by atoms with E-state index in [4.69, 9.17) is 0 Å². The molecule has 1 aromatic carbocycles. The molecular formula is C12H13N3O3S. The fourth-order valence-electron chi connectivity index (χ4n) is 1.71. The van der Waals surface area contributed by atoms with Gasteiger partial charge < -0.3 is 5.32 Å². The highest BCUT2D eigenvalue weighted by molar-refractivity contribution is 7.90. The summed E-state index contributed by atoms with van der Waals surface area (Å²) in [5.74, 6) is -0.294. The third-order valence-electron chi connectivity index (χ3n) is 2.51. The Balaban J connectivity index is 2.18. The van der Waals surface area contributed by atoms with Gasteiger partial charge >= 0.3 is 0 Å². The maximum Gasteiger partial charge on any atom is 0.228 e. The van der Waals surface area contributed by atoms with E-state index in [1.807, 2.05) is 0 Å². The van der Waals surface area contributed by atoms with Gasteiger partial charge in [0, 0.05) is 12.5 Å². The molecule has 2 aromatic rings. The van der Waals surface area contributed by atoms with E-state index in [0.717, 1.165) is 6.26 Å². The van der Waals surface area contributed by atoms with Crippen molar-refractivity contribution in [3.05, 3.63) is 42.2 Å². The normalized spacial score (nSPS) is 11.2. The van der Waals surface area contributed by atoms with E-state index in [0.29, 0.717) is 11.3 Å². The summed E-state index contributed by atoms with van der Waals surface area (Å²) in [5, 5.41) is 8.90. The number of rotatable bonds is 4. The topological polar surface area (TPSA) is 91.9 Å². The zero-order chi connectivity index (χ0) is 13.9. The number of benzene rings is 1. The van der Waals surface area contributed by atoms with Crippen molar-refractivity contribution < 1.29 is 13.2 Å². The van der Waals surface area contributed by atoms with Crippen LogP contribution in [0.1, 0.15) is 5.56 Å². The van der Waals surface area contributed by atoms with Gasteiger partial charge in [0.25, 0.3) is 0 Å². The lowest BCUT2D eigenvalue weighted by molar-refractivity contribution is -0.115. The highest BCUT2D eigenvalue weighted by Crippen LogP contribution is 2.16. The van der Waals surface area contributed by atoms with Crippen LogP contribution in [0.3, 0.4) is 0 Å². The molecule has 19 heavy (non-hydrogen) atoms. The molecule has 1 amide bonds. The van der Waals surface area contributed by atoms with Gasteiger partial charge in [-0.2, -0.15) is 5.10 Å². The molecule has 0 atom stereocenters. The molecule has 0 radical (unpaired) electrons. The maximum atomic E-state index is 11.8. The van der Waals surface area contributed by atoms with Crippen LogP contribution in [-0.2, 0) is 21.1 Å². The van der Waals surface area contributed by atoms with E-state index < -0.39 is 9.84 Å². The number of hydrogen-bond acceptors (Lipinski definition) is 4. The molecule has 0 aliphatic carbocycles. The Labute approximate surface area is 110 Å². The molecule has 0 saturated carbocycles. The van der Waals surface area contributed by atoms with Gasteiger partial charge in [-0.25, -0.2) is 8.42 Å². The van der Waals surface area contributed by atoms with Crippen LogP contribution in [0.2, 0.25) is 0 Å². The number of anilines is 1. The van der Waals surface area contributed by atoms with E-state index in [2.05, 4.69) is 15.5 Å². The molecule has 0 fully saturated rings. The van der Waals surface area contributed by atoms with Gasteiger partial charge in [0.1, 0.15) is 0 Å². The molecule has 1 heterocycles. The molecule has 6 nitrogen and oxygen atoms in total. The number of aromatic nitrogens is 2. The van der Waals surface area contributed by atoms with E-state index in [1.165, 1.54) is 12.3 Å². The number of H-pyrrole nitrogens is 1. The minimum Gasteiger partial charge on any atom is -0.323 e. The van der Waals surface area contributed by atoms with Crippen LogP contribution in [-0.4, -0.2) is 30.8 Å². The third kappa shape index (κ3) is 3.41. The lowest BCUT2D eigenvalue weighted by atomic mass is 10.1. The van der Waals surface area contributed by atoms with Gasteiger partial charge in [0.05, 0.1) is 23.2 Å². The number of nitrogens with one attached hydrogen (secondary N) is 2. The molecule has 100 valence electrons. The van der Waals surface area contributed by atoms with E-state index in [9.17, 15) is 13.2 Å². The predicted octanol–water partition coefficient (Wildman–Crippen LogP) is 0.994. The molecular weight excluding hydrogens is 266 g/mol. The summed E-state index contributed by atoms with van der Waals surface area (Å²) in [7, 11) is -3.34. The van der Waals surface area contributed by atoms with Crippen molar-refractivity contribution in [2.24, 2.45) is 0 Å². The Morgan fingerprint density at radius 1 is 1.37 bits per heavy atom. The minimum atomic E-state index is -3.34. The van der Waals surface area contributed by atoms with Gasteiger partial charge in [-0.15, -0.1) is 0 Å². The third-order valence-corrected chi connectivity index (χ3v) is 3.70. The summed E-state index contributed by atoms with van der Waals surface area (Å²) in [5.41, 5.74) is 1.02. The lowest BCUT2D eigenvalue weighted by Gasteiger charge is -2.07. The summed E-state index contributed by atoms with van der Waals surface area (Å²) >= 11 is 0. The fourth-order valence-corrected chi connectivity index (χ4v) is 2.65. The molecule has 0 saturated heterocycles. The second-order valence-electron chi connectivity index (χ2n) is 4.09. The van der Waals surface area contributed by atoms with Crippen molar-refractivity contribution >= 4 is 21.4 Å². The highest BCUT2D eigenvalue weighted by atomic mass is 32.2. The first-order valence-corrected chi connectivity index (χ1v) is 7.42. The average molecular weight is 279 g/mol. The van der Waals surface area contributed by atoms with Crippen LogP contribution in [0.25, 0.3) is 0 Å². The summed E-state index contributed by atoms with van der Waals surface area (Å²) in [6, 6.07) is 6.46. The largest absolute Gasteiger partial charge is 0.323 e. The number of aromatic amines is 1. The Morgan fingerprint density at radius 3 is 2.74 bits per heavy atom. The van der Waals surface area contributed by atoms with E-state index in [1.54, 1.807) is 24.4 Å². The highest BCUT2D eigenvalue weighted by Gasteiger charge is 2.15. The second-order valence-corrected chi connectivity index (χ2v) is 6.08. The van der Waals surface area contributed by atoms with Crippen LogP contribution < -0.4 is 5.32 Å². The SMILES string of the molecule is CS(=O)(=O)c1ccccc1CC(=O)Nc1cn[nH]c1. The number of carbonyl (C=O) groups excluding carboxylic acids is 1. The van der Waals surface area contributed by atoms with Gasteiger partial charge in [-0.3, -0.25) is 9.89 Å². The molecule has 2 rings (SSSR count). The van der Waals surface area contributed by atoms with Gasteiger partial charge in [0.2, 0.25) is 5.91 Å². The van der Waals surface area contributed by atoms with E-state index >= 15 is 0 Å². The van der Waals surface area contributed by atoms with Gasteiger partial charge in [-0.05, 0) is 11.6 Å². The van der Waals surface area contributed by atoms with Crippen LogP contribution in [0.5, 0.6) is 0 Å². The summed E-state index contributed by atoms with van der Waals surface area (Å²) in [6.45, 7) is 0. The number of nitrogens with zero attached hydrogens (tertiary/aromatic N) is 1. The summed E-state index contributed by atoms with van der Waals surface area (Å²) < 4.78 is 23.2. The molecule has 0 aliphatic rings. The molecule has 0 aliphatic heterocycles. The Bertz CT molecular complexity index is 678. The molecule has 2 N–H and O–H groups in total. The van der Waals surface area contributed by atoms with E-state index in [-0.39, 0.29) is 17.2 Å². The van der Waals surface area contributed by atoms with Crippen LogP contribution in [0.15, 0.2) is 41.6 Å². The standard InChI is InChI=1S/C12H13N3O3S/c1-19(17,18)11-5-3-2-4-9(11)6-12(16)15-10-7-13-14-8-10/h2-5,7-8H,6H2,1H3,(H,13,14)(H,15,16). The average Bonchev–Trinajstić information content (AvgIpc) is 2.81.